The average molecular weight is 158 g/mol. The van der Waals surface area contributed by atoms with E-state index in [-0.39, 0.29) is 0 Å². The molecule has 0 aromatic heterocycles. The van der Waals surface area contributed by atoms with Crippen molar-refractivity contribution in [3.63, 3.8) is 0 Å². The molecule has 0 amide bonds. The number of hydrogen-bond acceptors (Lipinski definition) is 2. The molecule has 2 nitrogen and oxygen atoms in total. The van der Waals surface area contributed by atoms with Crippen LogP contribution in [0.5, 0.6) is 0 Å². The second kappa shape index (κ2) is 5.02. The van der Waals surface area contributed by atoms with Crippen LogP contribution in [0.3, 0.4) is 0 Å². The Balaban J connectivity index is 2.58. The normalized spacial score (nSPS) is 11.0. The van der Waals surface area contributed by atoms with E-state index in [0.29, 0.717) is 0 Å². The van der Waals surface area contributed by atoms with Gasteiger partial charge < -0.3 is 5.41 Å². The molecule has 0 heterocycles. The lowest BCUT2D eigenvalue weighted by Crippen LogP contribution is -1.69. The quantitative estimate of drug-likeness (QED) is 0.656. The van der Waals surface area contributed by atoms with E-state index >= 15 is 0 Å². The van der Waals surface area contributed by atoms with Crippen LogP contribution in [-0.2, 0) is 0 Å². The highest BCUT2D eigenvalue weighted by Gasteiger charge is 1.79. The highest BCUT2D eigenvalue weighted by atomic mass is 14.7. The van der Waals surface area contributed by atoms with E-state index in [1.54, 1.807) is 6.20 Å². The Morgan fingerprint density at radius 3 is 2.58 bits per heavy atom. The summed E-state index contributed by atoms with van der Waals surface area (Å²) in [6.45, 7) is 0. The van der Waals surface area contributed by atoms with Crippen LogP contribution in [0.4, 0.5) is 0 Å². The molecule has 0 radical (unpaired) electrons. The molecular weight excluding hydrogens is 148 g/mol. The molecule has 0 aliphatic carbocycles. The Bertz CT molecular complexity index is 286. The van der Waals surface area contributed by atoms with E-state index in [0.717, 1.165) is 11.8 Å². The van der Waals surface area contributed by atoms with Gasteiger partial charge in [-0.05, 0) is 11.6 Å². The summed E-state index contributed by atoms with van der Waals surface area (Å²) in [6, 6.07) is 9.91. The average Bonchev–Trinajstić information content (AvgIpc) is 2.14. The van der Waals surface area contributed by atoms with E-state index in [2.05, 4.69) is 4.99 Å². The minimum atomic E-state index is 1.11. The summed E-state index contributed by atoms with van der Waals surface area (Å²) in [5.41, 5.74) is 1.11. The molecule has 0 atom stereocenters. The van der Waals surface area contributed by atoms with Gasteiger partial charge in [-0.1, -0.05) is 30.3 Å². The largest absolute Gasteiger partial charge is 0.307 e. The van der Waals surface area contributed by atoms with Crippen molar-refractivity contribution in [2.75, 3.05) is 0 Å². The lowest BCUT2D eigenvalue weighted by atomic mass is 10.2. The maximum Gasteiger partial charge on any atom is 0.0443 e. The SMILES string of the molecule is N=CC=N/C=C/c1ccccc1. The second-order valence-electron chi connectivity index (χ2n) is 2.19. The van der Waals surface area contributed by atoms with Gasteiger partial charge in [-0.3, -0.25) is 4.99 Å². The molecule has 0 fully saturated rings. The van der Waals surface area contributed by atoms with Crippen LogP contribution in [0.1, 0.15) is 5.56 Å². The van der Waals surface area contributed by atoms with Gasteiger partial charge in [0.1, 0.15) is 0 Å². The van der Waals surface area contributed by atoms with Crippen LogP contribution < -0.4 is 0 Å². The molecule has 60 valence electrons. The molecule has 0 saturated carbocycles. The first-order valence-corrected chi connectivity index (χ1v) is 3.67. The third kappa shape index (κ3) is 2.92. The molecule has 0 saturated heterocycles. The fraction of sp³-hybridized carbons (Fsp3) is 0. The van der Waals surface area contributed by atoms with Crippen molar-refractivity contribution < 1.29 is 0 Å². The Morgan fingerprint density at radius 2 is 1.92 bits per heavy atom. The monoisotopic (exact) mass is 158 g/mol. The third-order valence-corrected chi connectivity index (χ3v) is 1.31. The summed E-state index contributed by atoms with van der Waals surface area (Å²) >= 11 is 0. The first-order valence-electron chi connectivity index (χ1n) is 3.67. The van der Waals surface area contributed by atoms with E-state index in [1.807, 2.05) is 36.4 Å². The fourth-order valence-corrected chi connectivity index (χ4v) is 0.786. The number of benzene rings is 1. The van der Waals surface area contributed by atoms with Crippen molar-refractivity contribution in [3.05, 3.63) is 42.1 Å². The predicted molar refractivity (Wildman–Crippen MR) is 52.8 cm³/mol. The molecule has 12 heavy (non-hydrogen) atoms. The molecule has 0 aliphatic heterocycles. The van der Waals surface area contributed by atoms with Crippen molar-refractivity contribution in [1.29, 1.82) is 5.41 Å². The lowest BCUT2D eigenvalue weighted by Gasteiger charge is -1.87. The van der Waals surface area contributed by atoms with Crippen LogP contribution >= 0.6 is 0 Å². The topological polar surface area (TPSA) is 36.2 Å². The zero-order chi connectivity index (χ0) is 8.65. The molecule has 2 heteroatoms. The van der Waals surface area contributed by atoms with Crippen molar-refractivity contribution in [2.45, 2.75) is 0 Å². The van der Waals surface area contributed by atoms with Gasteiger partial charge in [0, 0.05) is 18.6 Å². The zero-order valence-electron chi connectivity index (χ0n) is 6.64. The van der Waals surface area contributed by atoms with E-state index in [1.165, 1.54) is 6.21 Å². The van der Waals surface area contributed by atoms with Gasteiger partial charge in [-0.15, -0.1) is 0 Å². The van der Waals surface area contributed by atoms with Crippen LogP contribution in [0.2, 0.25) is 0 Å². The number of aliphatic imine (C=N–C) groups is 1. The standard InChI is InChI=1S/C10H10N2/c11-7-9-12-8-6-10-4-2-1-3-5-10/h1-9,11H/b8-6+,11-7?,12-9?. The van der Waals surface area contributed by atoms with Gasteiger partial charge in [0.05, 0.1) is 0 Å². The fourth-order valence-electron chi connectivity index (χ4n) is 0.786. The molecule has 0 spiro atoms. The number of rotatable bonds is 3. The molecule has 1 aromatic carbocycles. The third-order valence-electron chi connectivity index (χ3n) is 1.31. The first kappa shape index (κ1) is 8.40. The highest BCUT2D eigenvalue weighted by Crippen LogP contribution is 2.00. The summed E-state index contributed by atoms with van der Waals surface area (Å²) in [6.07, 6.45) is 6.13. The molecule has 0 bridgehead atoms. The summed E-state index contributed by atoms with van der Waals surface area (Å²) in [5.74, 6) is 0. The van der Waals surface area contributed by atoms with Gasteiger partial charge in [-0.25, -0.2) is 0 Å². The molecular formula is C10H10N2. The lowest BCUT2D eigenvalue weighted by molar-refractivity contribution is 1.57. The minimum absolute atomic E-state index is 1.11. The Morgan fingerprint density at radius 1 is 1.17 bits per heavy atom. The Hall–Kier alpha value is -1.70. The molecule has 0 aliphatic rings. The maximum absolute atomic E-state index is 6.68. The number of nitrogens with zero attached hydrogens (tertiary/aromatic N) is 1. The van der Waals surface area contributed by atoms with E-state index in [4.69, 9.17) is 5.41 Å². The number of hydrogen-bond donors (Lipinski definition) is 1. The molecule has 1 rings (SSSR count). The van der Waals surface area contributed by atoms with Gasteiger partial charge in [0.15, 0.2) is 0 Å². The van der Waals surface area contributed by atoms with Crippen LogP contribution in [-0.4, -0.2) is 12.4 Å². The summed E-state index contributed by atoms with van der Waals surface area (Å²) in [5, 5.41) is 6.68. The van der Waals surface area contributed by atoms with Gasteiger partial charge in [0.2, 0.25) is 0 Å². The van der Waals surface area contributed by atoms with Crippen molar-refractivity contribution >= 4 is 18.5 Å². The Labute approximate surface area is 71.8 Å². The van der Waals surface area contributed by atoms with Crippen molar-refractivity contribution in [2.24, 2.45) is 4.99 Å². The predicted octanol–water partition coefficient (Wildman–Crippen LogP) is 2.38. The van der Waals surface area contributed by atoms with Crippen LogP contribution in [0.15, 0.2) is 41.5 Å². The van der Waals surface area contributed by atoms with Crippen LogP contribution in [0.25, 0.3) is 6.08 Å². The Kier molecular flexibility index (Phi) is 3.51. The van der Waals surface area contributed by atoms with Crippen molar-refractivity contribution in [3.8, 4) is 0 Å². The smallest absolute Gasteiger partial charge is 0.0443 e. The van der Waals surface area contributed by atoms with E-state index < -0.39 is 0 Å². The first-order chi connectivity index (χ1) is 5.93. The summed E-state index contributed by atoms with van der Waals surface area (Å²) in [4.78, 5) is 3.84. The van der Waals surface area contributed by atoms with Gasteiger partial charge in [-0.2, -0.15) is 0 Å². The maximum atomic E-state index is 6.68. The van der Waals surface area contributed by atoms with E-state index in [9.17, 15) is 0 Å². The van der Waals surface area contributed by atoms with Gasteiger partial charge in [0.25, 0.3) is 0 Å². The van der Waals surface area contributed by atoms with Crippen LogP contribution in [0, 0.1) is 5.41 Å². The van der Waals surface area contributed by atoms with Crippen molar-refractivity contribution in [1.82, 2.24) is 0 Å². The number of nitrogens with one attached hydrogen (secondary N) is 1. The summed E-state index contributed by atoms with van der Waals surface area (Å²) in [7, 11) is 0. The molecule has 1 N–H and O–H groups in total. The zero-order valence-corrected chi connectivity index (χ0v) is 6.64. The summed E-state index contributed by atoms with van der Waals surface area (Å²) < 4.78 is 0. The second-order valence-corrected chi connectivity index (χ2v) is 2.19. The minimum Gasteiger partial charge on any atom is -0.307 e. The molecule has 0 unspecified atom stereocenters. The highest BCUT2D eigenvalue weighted by molar-refractivity contribution is 6.14. The van der Waals surface area contributed by atoms with Gasteiger partial charge >= 0.3 is 0 Å². The molecule has 1 aromatic rings.